The summed E-state index contributed by atoms with van der Waals surface area (Å²) in [5.74, 6) is -0.533. The molecular weight excluding hydrogens is 533 g/mol. The molecule has 1 N–H and O–H groups in total. The minimum atomic E-state index is -3.55. The molecule has 0 aromatic heterocycles. The number of sulfonamides is 1. The fraction of sp³-hybridized carbons (Fsp3) is 0.481. The molecule has 0 heterocycles. The van der Waals surface area contributed by atoms with E-state index < -0.39 is 16.1 Å². The lowest BCUT2D eigenvalue weighted by atomic mass is 10.1. The summed E-state index contributed by atoms with van der Waals surface area (Å²) in [7, 11) is -3.55. The van der Waals surface area contributed by atoms with Crippen LogP contribution >= 0.6 is 23.2 Å². The first-order valence-corrected chi connectivity index (χ1v) is 15.1. The summed E-state index contributed by atoms with van der Waals surface area (Å²) in [6.45, 7) is 7.84. The van der Waals surface area contributed by atoms with Gasteiger partial charge in [-0.3, -0.25) is 13.9 Å². The number of amides is 2. The van der Waals surface area contributed by atoms with Gasteiger partial charge in [0.15, 0.2) is 0 Å². The third-order valence-corrected chi connectivity index (χ3v) is 8.09. The van der Waals surface area contributed by atoms with E-state index in [1.165, 1.54) is 9.21 Å². The van der Waals surface area contributed by atoms with Crippen molar-refractivity contribution in [2.24, 2.45) is 0 Å². The van der Waals surface area contributed by atoms with E-state index in [1.54, 1.807) is 37.3 Å². The van der Waals surface area contributed by atoms with E-state index >= 15 is 0 Å². The van der Waals surface area contributed by atoms with Gasteiger partial charge in [0.25, 0.3) is 0 Å². The zero-order valence-electron chi connectivity index (χ0n) is 22.1. The number of hydrogen-bond donors (Lipinski definition) is 1. The second-order valence-electron chi connectivity index (χ2n) is 9.21. The van der Waals surface area contributed by atoms with Crippen LogP contribution in [0.3, 0.4) is 0 Å². The lowest BCUT2D eigenvalue weighted by Crippen LogP contribution is -2.49. The van der Waals surface area contributed by atoms with E-state index in [-0.39, 0.29) is 43.8 Å². The Morgan fingerprint density at radius 2 is 1.68 bits per heavy atom. The van der Waals surface area contributed by atoms with Gasteiger partial charge in [0.2, 0.25) is 21.8 Å². The number of aryl methyl sites for hydroxylation is 1. The maximum Gasteiger partial charge on any atom is 0.242 e. The highest BCUT2D eigenvalue weighted by Crippen LogP contribution is 2.24. The van der Waals surface area contributed by atoms with Crippen LogP contribution in [-0.2, 0) is 32.6 Å². The van der Waals surface area contributed by atoms with Gasteiger partial charge < -0.3 is 10.2 Å². The third-order valence-electron chi connectivity index (χ3n) is 6.31. The molecule has 10 heteroatoms. The molecule has 0 unspecified atom stereocenters. The molecule has 0 saturated heterocycles. The number of carbonyl (C=O) groups is 2. The van der Waals surface area contributed by atoms with Gasteiger partial charge in [0, 0.05) is 35.6 Å². The number of hydrogen-bond acceptors (Lipinski definition) is 4. The molecule has 0 bridgehead atoms. The molecule has 2 atom stereocenters. The Balaban J connectivity index is 2.20. The summed E-state index contributed by atoms with van der Waals surface area (Å²) in [6.07, 6.45) is 3.11. The van der Waals surface area contributed by atoms with Crippen LogP contribution in [0.2, 0.25) is 10.0 Å². The fourth-order valence-electron chi connectivity index (χ4n) is 3.78. The number of nitrogens with one attached hydrogen (secondary N) is 1. The Hall–Kier alpha value is -2.29. The van der Waals surface area contributed by atoms with Crippen LogP contribution in [0, 0.1) is 0 Å². The summed E-state index contributed by atoms with van der Waals surface area (Å²) < 4.78 is 26.3. The lowest BCUT2D eigenvalue weighted by molar-refractivity contribution is -0.140. The van der Waals surface area contributed by atoms with E-state index in [4.69, 9.17) is 23.2 Å². The van der Waals surface area contributed by atoms with Crippen molar-refractivity contribution in [3.63, 3.8) is 0 Å². The topological polar surface area (TPSA) is 86.8 Å². The molecule has 2 aromatic carbocycles. The van der Waals surface area contributed by atoms with E-state index in [1.807, 2.05) is 32.9 Å². The van der Waals surface area contributed by atoms with E-state index in [2.05, 4.69) is 5.32 Å². The summed E-state index contributed by atoms with van der Waals surface area (Å²) in [6, 6.07) is 11.6. The van der Waals surface area contributed by atoms with Gasteiger partial charge in [-0.2, -0.15) is 0 Å². The second-order valence-corrected chi connectivity index (χ2v) is 12.0. The van der Waals surface area contributed by atoms with Gasteiger partial charge in [0.1, 0.15) is 6.04 Å². The number of anilines is 1. The molecule has 37 heavy (non-hydrogen) atoms. The van der Waals surface area contributed by atoms with Crippen molar-refractivity contribution in [3.8, 4) is 0 Å². The molecule has 0 fully saturated rings. The number of rotatable bonds is 13. The molecule has 204 valence electrons. The van der Waals surface area contributed by atoms with E-state index in [0.717, 1.165) is 24.7 Å². The van der Waals surface area contributed by atoms with Crippen molar-refractivity contribution in [2.45, 2.75) is 72.0 Å². The van der Waals surface area contributed by atoms with Crippen LogP contribution in [0.15, 0.2) is 42.5 Å². The second kappa shape index (κ2) is 14.0. The molecule has 7 nitrogen and oxygen atoms in total. The fourth-order valence-corrected chi connectivity index (χ4v) is 5.22. The van der Waals surface area contributed by atoms with Crippen LogP contribution in [0.1, 0.15) is 58.1 Å². The first-order chi connectivity index (χ1) is 17.4. The highest BCUT2D eigenvalue weighted by Gasteiger charge is 2.27. The molecule has 0 spiro atoms. The first kappa shape index (κ1) is 30.9. The van der Waals surface area contributed by atoms with Gasteiger partial charge in [-0.25, -0.2) is 8.42 Å². The zero-order valence-corrected chi connectivity index (χ0v) is 24.5. The molecule has 0 radical (unpaired) electrons. The maximum absolute atomic E-state index is 13.4. The van der Waals surface area contributed by atoms with E-state index in [0.29, 0.717) is 21.3 Å². The van der Waals surface area contributed by atoms with Gasteiger partial charge >= 0.3 is 0 Å². The monoisotopic (exact) mass is 569 g/mol. The quantitative estimate of drug-likeness (QED) is 0.348. The molecule has 0 aliphatic heterocycles. The normalized spacial score (nSPS) is 13.1. The Kier molecular flexibility index (Phi) is 11.7. The van der Waals surface area contributed by atoms with Gasteiger partial charge in [-0.15, -0.1) is 0 Å². The predicted octanol–water partition coefficient (Wildman–Crippen LogP) is 5.43. The van der Waals surface area contributed by atoms with Gasteiger partial charge in [-0.05, 0) is 68.5 Å². The highest BCUT2D eigenvalue weighted by atomic mass is 35.5. The molecule has 2 aromatic rings. The molecule has 0 aliphatic carbocycles. The minimum Gasteiger partial charge on any atom is -0.352 e. The van der Waals surface area contributed by atoms with Crippen LogP contribution in [0.25, 0.3) is 0 Å². The largest absolute Gasteiger partial charge is 0.352 e. The van der Waals surface area contributed by atoms with Crippen molar-refractivity contribution in [3.05, 3.63) is 63.6 Å². The minimum absolute atomic E-state index is 0.0339. The van der Waals surface area contributed by atoms with Crippen molar-refractivity contribution in [1.82, 2.24) is 10.2 Å². The van der Waals surface area contributed by atoms with Crippen molar-refractivity contribution >= 4 is 50.7 Å². The standard InChI is InChI=1S/C27H37Cl2N3O4S/c1-6-19(3)30-27(34)20(4)31(18-22-12-13-23(28)17-25(22)29)26(33)9-8-16-32(37(5,35)36)24-14-10-21(7-2)11-15-24/h10-15,17,19-20H,6-9,16,18H2,1-5H3,(H,30,34)/t19-,20+/m1/s1. The number of nitrogens with zero attached hydrogens (tertiary/aromatic N) is 2. The molecule has 2 rings (SSSR count). The number of benzene rings is 2. The first-order valence-electron chi connectivity index (χ1n) is 12.5. The Morgan fingerprint density at radius 3 is 2.22 bits per heavy atom. The molecule has 0 aliphatic rings. The molecule has 2 amide bonds. The molecule has 0 saturated carbocycles. The Labute approximate surface area is 231 Å². The summed E-state index contributed by atoms with van der Waals surface area (Å²) in [5, 5.41) is 3.80. The average molecular weight is 571 g/mol. The summed E-state index contributed by atoms with van der Waals surface area (Å²) >= 11 is 12.4. The number of halogens is 2. The van der Waals surface area contributed by atoms with E-state index in [9.17, 15) is 18.0 Å². The zero-order chi connectivity index (χ0) is 27.8. The third kappa shape index (κ3) is 9.20. The SMILES string of the molecule is CCc1ccc(N(CCCC(=O)N(Cc2ccc(Cl)cc2Cl)[C@@H](C)C(=O)N[C@H](C)CC)S(C)(=O)=O)cc1. The van der Waals surface area contributed by atoms with Crippen LogP contribution in [0.4, 0.5) is 5.69 Å². The Morgan fingerprint density at radius 1 is 1.03 bits per heavy atom. The smallest absolute Gasteiger partial charge is 0.242 e. The average Bonchev–Trinajstić information content (AvgIpc) is 2.84. The van der Waals surface area contributed by atoms with Crippen LogP contribution in [0.5, 0.6) is 0 Å². The van der Waals surface area contributed by atoms with Gasteiger partial charge in [0.05, 0.1) is 11.9 Å². The summed E-state index contributed by atoms with van der Waals surface area (Å²) in [5.41, 5.74) is 2.32. The highest BCUT2D eigenvalue weighted by molar-refractivity contribution is 7.92. The molecular formula is C27H37Cl2N3O4S. The van der Waals surface area contributed by atoms with Crippen molar-refractivity contribution in [1.29, 1.82) is 0 Å². The van der Waals surface area contributed by atoms with Crippen LogP contribution in [-0.4, -0.2) is 50.0 Å². The number of carbonyl (C=O) groups excluding carboxylic acids is 2. The Bertz CT molecular complexity index is 1170. The van der Waals surface area contributed by atoms with Crippen molar-refractivity contribution in [2.75, 3.05) is 17.1 Å². The van der Waals surface area contributed by atoms with Crippen molar-refractivity contribution < 1.29 is 18.0 Å². The lowest BCUT2D eigenvalue weighted by Gasteiger charge is -2.30. The van der Waals surface area contributed by atoms with Gasteiger partial charge in [-0.1, -0.05) is 55.2 Å². The summed E-state index contributed by atoms with van der Waals surface area (Å²) in [4.78, 5) is 27.8. The maximum atomic E-state index is 13.4. The predicted molar refractivity (Wildman–Crippen MR) is 152 cm³/mol. The van der Waals surface area contributed by atoms with Crippen LogP contribution < -0.4 is 9.62 Å².